The average molecular weight is 508 g/mol. The van der Waals surface area contributed by atoms with Gasteiger partial charge in [0.15, 0.2) is 16.6 Å². The van der Waals surface area contributed by atoms with E-state index in [0.717, 1.165) is 15.6 Å². The molecule has 1 heterocycles. The molecule has 2 aromatic carbocycles. The first-order valence-electron chi connectivity index (χ1n) is 9.76. The number of rotatable bonds is 10. The summed E-state index contributed by atoms with van der Waals surface area (Å²) < 4.78 is 38.4. The molecule has 1 atom stereocenters. The van der Waals surface area contributed by atoms with Crippen LogP contribution in [-0.4, -0.2) is 50.2 Å². The number of thiazole rings is 1. The van der Waals surface area contributed by atoms with E-state index in [2.05, 4.69) is 4.98 Å². The van der Waals surface area contributed by atoms with Gasteiger partial charge >= 0.3 is 5.97 Å². The molecular weight excluding hydrogens is 486 g/mol. The first-order chi connectivity index (χ1) is 16.1. The summed E-state index contributed by atoms with van der Waals surface area (Å²) in [6, 6.07) is 9.80. The number of anilines is 1. The van der Waals surface area contributed by atoms with E-state index >= 15 is 0 Å². The molecule has 0 fully saturated rings. The van der Waals surface area contributed by atoms with E-state index in [1.54, 1.807) is 11.4 Å². The molecule has 0 aliphatic rings. The van der Waals surface area contributed by atoms with Crippen molar-refractivity contribution < 1.29 is 32.7 Å². The molecule has 34 heavy (non-hydrogen) atoms. The lowest BCUT2D eigenvalue weighted by Crippen LogP contribution is -2.37. The smallest absolute Gasteiger partial charge is 0.308 e. The number of sulfonamides is 1. The van der Waals surface area contributed by atoms with Crippen LogP contribution in [0.15, 0.2) is 52.7 Å². The highest BCUT2D eigenvalue weighted by atomic mass is 32.2. The Hall–Kier alpha value is -3.71. The molecule has 0 spiro atoms. The molecule has 0 bridgehead atoms. The van der Waals surface area contributed by atoms with Crippen LogP contribution in [0.2, 0.25) is 0 Å². The lowest BCUT2D eigenvalue weighted by Gasteiger charge is -2.24. The predicted octanol–water partition coefficient (Wildman–Crippen LogP) is 3.65. The summed E-state index contributed by atoms with van der Waals surface area (Å²) in [7, 11) is -1.48. The van der Waals surface area contributed by atoms with Crippen molar-refractivity contribution in [3.8, 4) is 22.8 Å². The molecule has 180 valence electrons. The number of nitro groups is 1. The third-order valence-electron chi connectivity index (χ3n) is 4.86. The van der Waals surface area contributed by atoms with Crippen LogP contribution in [0.1, 0.15) is 6.92 Å². The Kier molecular flexibility index (Phi) is 7.37. The molecule has 0 radical (unpaired) electrons. The number of nitro benzene ring substituents is 1. The first kappa shape index (κ1) is 24.9. The fraction of sp³-hybridized carbons (Fsp3) is 0.238. The third kappa shape index (κ3) is 5.10. The maximum absolute atomic E-state index is 13.6. The number of hydrogen-bond acceptors (Lipinski definition) is 9. The summed E-state index contributed by atoms with van der Waals surface area (Å²) in [5, 5.41) is 22.1. The number of carboxylic acids is 1. The van der Waals surface area contributed by atoms with Gasteiger partial charge in [-0.15, -0.1) is 11.3 Å². The van der Waals surface area contributed by atoms with Gasteiger partial charge in [-0.2, -0.15) is 0 Å². The molecule has 1 aromatic heterocycles. The molecule has 0 aliphatic carbocycles. The van der Waals surface area contributed by atoms with Gasteiger partial charge in [-0.05, 0) is 12.1 Å². The van der Waals surface area contributed by atoms with Crippen LogP contribution in [-0.2, 0) is 14.8 Å². The Bertz CT molecular complexity index is 1320. The molecule has 13 heteroatoms. The topological polar surface area (TPSA) is 149 Å². The highest BCUT2D eigenvalue weighted by Crippen LogP contribution is 2.35. The van der Waals surface area contributed by atoms with Crippen molar-refractivity contribution in [3.05, 3.63) is 58.0 Å². The number of nitrogens with zero attached hydrogens (tertiary/aromatic N) is 3. The number of methoxy groups -OCH3 is 2. The number of ether oxygens (including phenoxy) is 2. The molecule has 1 unspecified atom stereocenters. The molecule has 0 amide bonds. The number of non-ortho nitro benzene ring substituents is 1. The number of carboxylic acid groups (broad SMARTS) is 1. The Morgan fingerprint density at radius 2 is 1.91 bits per heavy atom. The first-order valence-corrected chi connectivity index (χ1v) is 12.1. The van der Waals surface area contributed by atoms with Gasteiger partial charge in [0.2, 0.25) is 0 Å². The van der Waals surface area contributed by atoms with Gasteiger partial charge in [0.25, 0.3) is 15.7 Å². The summed E-state index contributed by atoms with van der Waals surface area (Å²) in [5.41, 5.74) is 0.604. The van der Waals surface area contributed by atoms with Gasteiger partial charge in [0.05, 0.1) is 35.7 Å². The predicted molar refractivity (Wildman–Crippen MR) is 125 cm³/mol. The Morgan fingerprint density at radius 3 is 2.53 bits per heavy atom. The van der Waals surface area contributed by atoms with Gasteiger partial charge in [-0.1, -0.05) is 19.1 Å². The van der Waals surface area contributed by atoms with E-state index in [-0.39, 0.29) is 28.0 Å². The molecule has 0 saturated carbocycles. The van der Waals surface area contributed by atoms with Crippen LogP contribution < -0.4 is 13.8 Å². The number of aromatic nitrogens is 1. The van der Waals surface area contributed by atoms with Gasteiger partial charge in [-0.25, -0.2) is 17.7 Å². The fourth-order valence-electron chi connectivity index (χ4n) is 3.00. The maximum atomic E-state index is 13.6. The molecular formula is C21H21N3O8S2. The zero-order valence-electron chi connectivity index (χ0n) is 18.4. The average Bonchev–Trinajstić information content (AvgIpc) is 3.31. The van der Waals surface area contributed by atoms with Crippen molar-refractivity contribution in [2.45, 2.75) is 11.8 Å². The zero-order chi connectivity index (χ0) is 25.0. The minimum atomic E-state index is -4.26. The fourth-order valence-corrected chi connectivity index (χ4v) is 5.59. The van der Waals surface area contributed by atoms with Gasteiger partial charge < -0.3 is 14.6 Å². The van der Waals surface area contributed by atoms with Gasteiger partial charge in [-0.3, -0.25) is 14.9 Å². The van der Waals surface area contributed by atoms with Crippen LogP contribution in [0.4, 0.5) is 10.8 Å². The normalized spacial score (nSPS) is 12.1. The minimum absolute atomic E-state index is 0.0180. The van der Waals surface area contributed by atoms with E-state index in [0.29, 0.717) is 17.0 Å². The standard InChI is InChI=1S/C21H21N3O8S2/c1-13(20(25)26)11-23(34(29,30)16-7-8-18(31-2)19(10-16)32-3)21-22-17(12-33-21)14-5-4-6-15(9-14)24(27)28/h4-10,12-13H,11H2,1-3H3,(H,25,26). The minimum Gasteiger partial charge on any atom is -0.493 e. The summed E-state index contributed by atoms with van der Waals surface area (Å²) in [5.74, 6) is -1.71. The largest absolute Gasteiger partial charge is 0.493 e. The number of carbonyl (C=O) groups is 1. The van der Waals surface area contributed by atoms with Crippen molar-refractivity contribution in [2.24, 2.45) is 5.92 Å². The van der Waals surface area contributed by atoms with E-state index in [1.165, 1.54) is 57.5 Å². The van der Waals surface area contributed by atoms with E-state index in [1.807, 2.05) is 0 Å². The number of aliphatic carboxylic acids is 1. The lowest BCUT2D eigenvalue weighted by molar-refractivity contribution is -0.384. The van der Waals surface area contributed by atoms with Crippen molar-refractivity contribution in [2.75, 3.05) is 25.1 Å². The van der Waals surface area contributed by atoms with E-state index < -0.39 is 26.8 Å². The van der Waals surface area contributed by atoms with Crippen LogP contribution in [0.5, 0.6) is 11.5 Å². The van der Waals surface area contributed by atoms with Crippen LogP contribution in [0.25, 0.3) is 11.3 Å². The highest BCUT2D eigenvalue weighted by molar-refractivity contribution is 7.93. The molecule has 0 saturated heterocycles. The van der Waals surface area contributed by atoms with Crippen LogP contribution >= 0.6 is 11.3 Å². The molecule has 3 aromatic rings. The maximum Gasteiger partial charge on any atom is 0.308 e. The monoisotopic (exact) mass is 507 g/mol. The zero-order valence-corrected chi connectivity index (χ0v) is 20.0. The number of benzene rings is 2. The third-order valence-corrected chi connectivity index (χ3v) is 7.59. The number of hydrogen-bond donors (Lipinski definition) is 1. The Labute approximate surface area is 199 Å². The SMILES string of the molecule is COc1ccc(S(=O)(=O)N(CC(C)C(=O)O)c2nc(-c3cccc([N+](=O)[O-])c3)cs2)cc1OC. The highest BCUT2D eigenvalue weighted by Gasteiger charge is 2.31. The molecule has 1 N–H and O–H groups in total. The second kappa shape index (κ2) is 10.1. The molecule has 0 aliphatic heterocycles. The van der Waals surface area contributed by atoms with E-state index in [4.69, 9.17) is 9.47 Å². The quantitative estimate of drug-likeness (QED) is 0.320. The van der Waals surface area contributed by atoms with Crippen molar-refractivity contribution in [1.29, 1.82) is 0 Å². The van der Waals surface area contributed by atoms with Crippen LogP contribution in [0.3, 0.4) is 0 Å². The van der Waals surface area contributed by atoms with Gasteiger partial charge in [0.1, 0.15) is 0 Å². The second-order valence-electron chi connectivity index (χ2n) is 7.11. The summed E-state index contributed by atoms with van der Waals surface area (Å²) in [4.78, 5) is 26.3. The summed E-state index contributed by atoms with van der Waals surface area (Å²) in [6.07, 6.45) is 0. The summed E-state index contributed by atoms with van der Waals surface area (Å²) in [6.45, 7) is 1.00. The van der Waals surface area contributed by atoms with Gasteiger partial charge in [0, 0.05) is 35.7 Å². The van der Waals surface area contributed by atoms with Crippen molar-refractivity contribution in [3.63, 3.8) is 0 Å². The molecule has 11 nitrogen and oxygen atoms in total. The lowest BCUT2D eigenvalue weighted by atomic mass is 10.1. The Balaban J connectivity index is 2.08. The van der Waals surface area contributed by atoms with Crippen molar-refractivity contribution in [1.82, 2.24) is 4.98 Å². The van der Waals surface area contributed by atoms with Crippen molar-refractivity contribution >= 4 is 38.1 Å². The van der Waals surface area contributed by atoms with Crippen LogP contribution in [0, 0.1) is 16.0 Å². The molecule has 3 rings (SSSR count). The van der Waals surface area contributed by atoms with E-state index in [9.17, 15) is 28.4 Å². The second-order valence-corrected chi connectivity index (χ2v) is 9.81. The summed E-state index contributed by atoms with van der Waals surface area (Å²) >= 11 is 0.977. The Morgan fingerprint density at radius 1 is 1.21 bits per heavy atom.